The fourth-order valence-electron chi connectivity index (χ4n) is 2.91. The molecule has 1 aliphatic rings. The third kappa shape index (κ3) is 3.15. The van der Waals surface area contributed by atoms with Gasteiger partial charge in [0.15, 0.2) is 0 Å². The van der Waals surface area contributed by atoms with Crippen molar-refractivity contribution in [2.75, 3.05) is 13.1 Å². The molecule has 1 aromatic heterocycles. The van der Waals surface area contributed by atoms with E-state index in [2.05, 4.69) is 27.8 Å². The number of carbonyl (C=O) groups is 1. The van der Waals surface area contributed by atoms with Gasteiger partial charge in [0.2, 0.25) is 5.91 Å². The number of piperidine rings is 1. The van der Waals surface area contributed by atoms with Gasteiger partial charge in [-0.05, 0) is 39.3 Å². The number of carbonyl (C=O) groups excluding carboxylic acids is 1. The van der Waals surface area contributed by atoms with Crippen LogP contribution in [-0.4, -0.2) is 29.2 Å². The van der Waals surface area contributed by atoms with Gasteiger partial charge >= 0.3 is 0 Å². The van der Waals surface area contributed by atoms with Crippen molar-refractivity contribution in [3.05, 3.63) is 18.0 Å². The van der Waals surface area contributed by atoms with Crippen molar-refractivity contribution >= 4 is 5.91 Å². The summed E-state index contributed by atoms with van der Waals surface area (Å²) in [4.78, 5) is 12.6. The summed E-state index contributed by atoms with van der Waals surface area (Å²) in [5.41, 5.74) is 0.840. The molecule has 106 valence electrons. The minimum absolute atomic E-state index is 0.00914. The summed E-state index contributed by atoms with van der Waals surface area (Å²) in [7, 11) is 0. The first kappa shape index (κ1) is 14.1. The lowest BCUT2D eigenvalue weighted by Crippen LogP contribution is -2.48. The Morgan fingerprint density at radius 2 is 2.26 bits per heavy atom. The Balaban J connectivity index is 2.03. The van der Waals surface area contributed by atoms with Crippen molar-refractivity contribution in [2.45, 2.75) is 45.6 Å². The lowest BCUT2D eigenvalue weighted by atomic mass is 9.74. The molecule has 0 aliphatic carbocycles. The highest BCUT2D eigenvalue weighted by atomic mass is 16.2. The Hall–Kier alpha value is -1.36. The van der Waals surface area contributed by atoms with Crippen LogP contribution in [0.1, 0.15) is 51.1 Å². The quantitative estimate of drug-likeness (QED) is 0.759. The van der Waals surface area contributed by atoms with Gasteiger partial charge in [-0.25, -0.2) is 0 Å². The first-order chi connectivity index (χ1) is 9.18. The maximum Gasteiger partial charge on any atom is 0.226 e. The van der Waals surface area contributed by atoms with Crippen LogP contribution < -0.4 is 10.6 Å². The van der Waals surface area contributed by atoms with E-state index in [-0.39, 0.29) is 17.4 Å². The summed E-state index contributed by atoms with van der Waals surface area (Å²) in [6.07, 6.45) is 7.49. The van der Waals surface area contributed by atoms with Crippen LogP contribution in [0, 0.1) is 5.41 Å². The van der Waals surface area contributed by atoms with Crippen LogP contribution in [-0.2, 0) is 4.79 Å². The largest absolute Gasteiger partial charge is 0.349 e. The van der Waals surface area contributed by atoms with E-state index in [0.717, 1.165) is 44.3 Å². The highest BCUT2D eigenvalue weighted by Gasteiger charge is 2.38. The Labute approximate surface area is 114 Å². The van der Waals surface area contributed by atoms with Crippen molar-refractivity contribution in [3.8, 4) is 0 Å². The zero-order chi connectivity index (χ0) is 13.7. The monoisotopic (exact) mass is 264 g/mol. The number of rotatable bonds is 5. The second-order valence-corrected chi connectivity index (χ2v) is 5.51. The molecule has 0 radical (unpaired) electrons. The molecule has 1 aliphatic heterocycles. The van der Waals surface area contributed by atoms with Gasteiger partial charge in [0, 0.05) is 11.8 Å². The SMILES string of the molecule is CCCC1(C(=O)NC(C)c2cn[nH]c2)CCNCC1. The fraction of sp³-hybridized carbons (Fsp3) is 0.714. The average Bonchev–Trinajstić information content (AvgIpc) is 2.94. The van der Waals surface area contributed by atoms with Gasteiger partial charge in [0.25, 0.3) is 0 Å². The van der Waals surface area contributed by atoms with Crippen molar-refractivity contribution in [1.29, 1.82) is 0 Å². The fourth-order valence-corrected chi connectivity index (χ4v) is 2.91. The van der Waals surface area contributed by atoms with Crippen LogP contribution in [0.25, 0.3) is 0 Å². The normalized spacial score (nSPS) is 19.9. The van der Waals surface area contributed by atoms with E-state index in [1.165, 1.54) is 0 Å². The number of aromatic amines is 1. The summed E-state index contributed by atoms with van der Waals surface area (Å²) in [5.74, 6) is 0.199. The summed E-state index contributed by atoms with van der Waals surface area (Å²) in [6, 6.07) is 0.00914. The highest BCUT2D eigenvalue weighted by molar-refractivity contribution is 5.83. The van der Waals surface area contributed by atoms with Gasteiger partial charge in [-0.15, -0.1) is 0 Å². The molecule has 1 fully saturated rings. The molecule has 5 heteroatoms. The minimum Gasteiger partial charge on any atom is -0.349 e. The van der Waals surface area contributed by atoms with E-state index in [1.807, 2.05) is 13.1 Å². The molecular formula is C14H24N4O. The maximum absolute atomic E-state index is 12.6. The van der Waals surface area contributed by atoms with Crippen LogP contribution in [0.3, 0.4) is 0 Å². The number of nitrogens with one attached hydrogen (secondary N) is 3. The molecule has 0 spiro atoms. The molecule has 0 saturated carbocycles. The summed E-state index contributed by atoms with van der Waals surface area (Å²) in [6.45, 7) is 6.03. The molecule has 0 bridgehead atoms. The first-order valence-electron chi connectivity index (χ1n) is 7.18. The Kier molecular flexibility index (Phi) is 4.58. The summed E-state index contributed by atoms with van der Waals surface area (Å²) >= 11 is 0. The minimum atomic E-state index is -0.183. The first-order valence-corrected chi connectivity index (χ1v) is 7.18. The van der Waals surface area contributed by atoms with Crippen molar-refractivity contribution in [3.63, 3.8) is 0 Å². The molecule has 5 nitrogen and oxygen atoms in total. The van der Waals surface area contributed by atoms with Gasteiger partial charge in [-0.3, -0.25) is 9.89 Å². The van der Waals surface area contributed by atoms with E-state index < -0.39 is 0 Å². The van der Waals surface area contributed by atoms with Crippen LogP contribution in [0.2, 0.25) is 0 Å². The molecule has 3 N–H and O–H groups in total. The van der Waals surface area contributed by atoms with Crippen molar-refractivity contribution in [2.24, 2.45) is 5.41 Å². The molecule has 1 unspecified atom stereocenters. The second-order valence-electron chi connectivity index (χ2n) is 5.51. The third-order valence-electron chi connectivity index (χ3n) is 4.14. The van der Waals surface area contributed by atoms with Gasteiger partial charge in [-0.2, -0.15) is 5.10 Å². The van der Waals surface area contributed by atoms with E-state index in [0.29, 0.717) is 0 Å². The van der Waals surface area contributed by atoms with Gasteiger partial charge in [0.05, 0.1) is 17.7 Å². The Bertz CT molecular complexity index is 390. The topological polar surface area (TPSA) is 69.8 Å². The number of amides is 1. The standard InChI is InChI=1S/C14H24N4O/c1-3-4-14(5-7-15-8-6-14)13(19)18-11(2)12-9-16-17-10-12/h9-11,15H,3-8H2,1-2H3,(H,16,17)(H,18,19). The summed E-state index contributed by atoms with van der Waals surface area (Å²) < 4.78 is 0. The zero-order valence-electron chi connectivity index (χ0n) is 11.8. The van der Waals surface area contributed by atoms with Crippen molar-refractivity contribution < 1.29 is 4.79 Å². The molecule has 19 heavy (non-hydrogen) atoms. The van der Waals surface area contributed by atoms with Crippen LogP contribution in [0.4, 0.5) is 0 Å². The smallest absolute Gasteiger partial charge is 0.226 e. The number of aromatic nitrogens is 2. The van der Waals surface area contributed by atoms with Crippen LogP contribution in [0.15, 0.2) is 12.4 Å². The van der Waals surface area contributed by atoms with Crippen LogP contribution >= 0.6 is 0 Å². The summed E-state index contributed by atoms with van der Waals surface area (Å²) in [5, 5.41) is 13.2. The lowest BCUT2D eigenvalue weighted by molar-refractivity contribution is -0.133. The molecule has 2 rings (SSSR count). The molecule has 1 aromatic rings. The number of nitrogens with zero attached hydrogens (tertiary/aromatic N) is 1. The van der Waals surface area contributed by atoms with Gasteiger partial charge in [-0.1, -0.05) is 13.3 Å². The average molecular weight is 264 g/mol. The van der Waals surface area contributed by atoms with E-state index in [4.69, 9.17) is 0 Å². The number of hydrogen-bond donors (Lipinski definition) is 3. The Morgan fingerprint density at radius 1 is 1.53 bits per heavy atom. The van der Waals surface area contributed by atoms with E-state index >= 15 is 0 Å². The van der Waals surface area contributed by atoms with Gasteiger partial charge < -0.3 is 10.6 Å². The van der Waals surface area contributed by atoms with Crippen LogP contribution in [0.5, 0.6) is 0 Å². The Morgan fingerprint density at radius 3 is 2.84 bits per heavy atom. The van der Waals surface area contributed by atoms with Crippen molar-refractivity contribution in [1.82, 2.24) is 20.8 Å². The number of H-pyrrole nitrogens is 1. The molecule has 1 saturated heterocycles. The molecular weight excluding hydrogens is 240 g/mol. The van der Waals surface area contributed by atoms with E-state index in [9.17, 15) is 4.79 Å². The van der Waals surface area contributed by atoms with E-state index in [1.54, 1.807) is 6.20 Å². The molecule has 2 heterocycles. The maximum atomic E-state index is 12.6. The van der Waals surface area contributed by atoms with Gasteiger partial charge in [0.1, 0.15) is 0 Å². The molecule has 0 aromatic carbocycles. The zero-order valence-corrected chi connectivity index (χ0v) is 11.8. The third-order valence-corrected chi connectivity index (χ3v) is 4.14. The number of hydrogen-bond acceptors (Lipinski definition) is 3. The molecule has 1 atom stereocenters. The molecule has 1 amide bonds. The predicted molar refractivity (Wildman–Crippen MR) is 74.6 cm³/mol. The second kappa shape index (κ2) is 6.19. The lowest BCUT2D eigenvalue weighted by Gasteiger charge is -2.37. The highest BCUT2D eigenvalue weighted by Crippen LogP contribution is 2.34. The predicted octanol–water partition coefficient (Wildman–Crippen LogP) is 1.76.